The van der Waals surface area contributed by atoms with Crippen LogP contribution in [0.15, 0.2) is 0 Å². The molecule has 1 aliphatic heterocycles. The lowest BCUT2D eigenvalue weighted by Crippen LogP contribution is -2.61. The van der Waals surface area contributed by atoms with Crippen molar-refractivity contribution in [1.82, 2.24) is 10.2 Å². The van der Waals surface area contributed by atoms with Crippen molar-refractivity contribution in [2.75, 3.05) is 20.1 Å². The minimum Gasteiger partial charge on any atom is -0.314 e. The molecule has 2 saturated carbocycles. The van der Waals surface area contributed by atoms with Crippen LogP contribution in [0.1, 0.15) is 38.5 Å². The van der Waals surface area contributed by atoms with E-state index in [2.05, 4.69) is 17.3 Å². The first-order valence-corrected chi connectivity index (χ1v) is 6.24. The maximum atomic E-state index is 3.39. The van der Waals surface area contributed by atoms with Gasteiger partial charge in [-0.25, -0.2) is 0 Å². The molecule has 1 heterocycles. The number of nitrogens with one attached hydrogen (secondary N) is 1. The highest BCUT2D eigenvalue weighted by Gasteiger charge is 2.49. The molecule has 2 nitrogen and oxygen atoms in total. The fraction of sp³-hybridized carbons (Fsp3) is 1.00. The summed E-state index contributed by atoms with van der Waals surface area (Å²) < 4.78 is 0. The van der Waals surface area contributed by atoms with E-state index in [9.17, 15) is 0 Å². The van der Waals surface area contributed by atoms with Crippen LogP contribution in [0.5, 0.6) is 0 Å². The molecule has 3 rings (SSSR count). The summed E-state index contributed by atoms with van der Waals surface area (Å²) in [6, 6.07) is 1.76. The summed E-state index contributed by atoms with van der Waals surface area (Å²) in [6.45, 7) is 2.45. The van der Waals surface area contributed by atoms with Crippen molar-refractivity contribution in [2.24, 2.45) is 5.41 Å². The molecule has 1 atom stereocenters. The van der Waals surface area contributed by atoms with E-state index in [1.807, 2.05) is 0 Å². The molecule has 0 radical (unpaired) electrons. The van der Waals surface area contributed by atoms with Crippen LogP contribution >= 0.6 is 0 Å². The Bertz CT molecular complexity index is 218. The maximum Gasteiger partial charge on any atom is 0.0345 e. The quantitative estimate of drug-likeness (QED) is 0.718. The fourth-order valence-corrected chi connectivity index (χ4v) is 3.79. The molecule has 1 unspecified atom stereocenters. The lowest BCUT2D eigenvalue weighted by atomic mass is 9.64. The fourth-order valence-electron chi connectivity index (χ4n) is 3.79. The third-order valence-corrected chi connectivity index (χ3v) is 5.04. The van der Waals surface area contributed by atoms with E-state index in [-0.39, 0.29) is 0 Å². The number of likely N-dealkylation sites (N-methyl/N-ethyl adjacent to an activating group) is 1. The average Bonchev–Trinajstić information content (AvgIpc) is 2.42. The molecular formula is C12H22N2. The van der Waals surface area contributed by atoms with Crippen LogP contribution in [-0.4, -0.2) is 37.1 Å². The largest absolute Gasteiger partial charge is 0.314 e. The topological polar surface area (TPSA) is 15.3 Å². The zero-order valence-electron chi connectivity index (χ0n) is 9.26. The number of rotatable bonds is 2. The van der Waals surface area contributed by atoms with Gasteiger partial charge < -0.3 is 5.32 Å². The molecular weight excluding hydrogens is 172 g/mol. The van der Waals surface area contributed by atoms with Crippen LogP contribution in [0.4, 0.5) is 0 Å². The van der Waals surface area contributed by atoms with Gasteiger partial charge in [0.2, 0.25) is 0 Å². The van der Waals surface area contributed by atoms with Gasteiger partial charge in [0.15, 0.2) is 0 Å². The Morgan fingerprint density at radius 3 is 2.36 bits per heavy atom. The average molecular weight is 194 g/mol. The van der Waals surface area contributed by atoms with Crippen molar-refractivity contribution < 1.29 is 0 Å². The Labute approximate surface area is 87.0 Å². The summed E-state index contributed by atoms with van der Waals surface area (Å²) in [4.78, 5) is 2.70. The minimum absolute atomic E-state index is 0.768. The van der Waals surface area contributed by atoms with E-state index < -0.39 is 0 Å². The van der Waals surface area contributed by atoms with Gasteiger partial charge in [0.1, 0.15) is 0 Å². The van der Waals surface area contributed by atoms with Gasteiger partial charge in [-0.15, -0.1) is 0 Å². The second-order valence-electron chi connectivity index (χ2n) is 5.60. The van der Waals surface area contributed by atoms with Gasteiger partial charge >= 0.3 is 0 Å². The molecule has 0 amide bonds. The van der Waals surface area contributed by atoms with E-state index in [0.29, 0.717) is 0 Å². The van der Waals surface area contributed by atoms with Gasteiger partial charge in [-0.2, -0.15) is 0 Å². The summed E-state index contributed by atoms with van der Waals surface area (Å²) in [5, 5.41) is 3.39. The van der Waals surface area contributed by atoms with Crippen LogP contribution in [-0.2, 0) is 0 Å². The highest BCUT2D eigenvalue weighted by Crippen LogP contribution is 2.55. The van der Waals surface area contributed by atoms with Crippen molar-refractivity contribution >= 4 is 0 Å². The second kappa shape index (κ2) is 3.21. The van der Waals surface area contributed by atoms with Gasteiger partial charge in [-0.3, -0.25) is 4.90 Å². The number of hydrogen-bond acceptors (Lipinski definition) is 2. The Morgan fingerprint density at radius 2 is 1.86 bits per heavy atom. The monoisotopic (exact) mass is 194 g/mol. The highest BCUT2D eigenvalue weighted by molar-refractivity contribution is 5.04. The first-order chi connectivity index (χ1) is 6.82. The molecule has 3 aliphatic rings. The molecule has 0 aromatic heterocycles. The number of hydrogen-bond donors (Lipinski definition) is 1. The van der Waals surface area contributed by atoms with Gasteiger partial charge in [-0.05, 0) is 38.1 Å². The van der Waals surface area contributed by atoms with E-state index in [1.165, 1.54) is 51.6 Å². The normalized spacial score (nSPS) is 36.0. The molecule has 2 heteroatoms. The standard InChI is InChI=1S/C12H22N2/c1-14(10-8-13-9-10)11-4-2-5-12(11)6-3-7-12/h10-11,13H,2-9H2,1H3. The van der Waals surface area contributed by atoms with E-state index in [4.69, 9.17) is 0 Å². The molecule has 0 aromatic rings. The first-order valence-electron chi connectivity index (χ1n) is 6.24. The Balaban J connectivity index is 1.70. The lowest BCUT2D eigenvalue weighted by molar-refractivity contribution is 0.00306. The Hall–Kier alpha value is -0.0800. The van der Waals surface area contributed by atoms with Gasteiger partial charge in [0.25, 0.3) is 0 Å². The Kier molecular flexibility index (Phi) is 2.10. The van der Waals surface area contributed by atoms with E-state index in [0.717, 1.165) is 17.5 Å². The molecule has 3 fully saturated rings. The lowest BCUT2D eigenvalue weighted by Gasteiger charge is -2.50. The maximum absolute atomic E-state index is 3.39. The molecule has 14 heavy (non-hydrogen) atoms. The Morgan fingerprint density at radius 1 is 1.14 bits per heavy atom. The summed E-state index contributed by atoms with van der Waals surface area (Å²) >= 11 is 0. The highest BCUT2D eigenvalue weighted by atomic mass is 15.2. The zero-order chi connectivity index (χ0) is 9.60. The van der Waals surface area contributed by atoms with Crippen LogP contribution in [0.2, 0.25) is 0 Å². The van der Waals surface area contributed by atoms with Crippen LogP contribution in [0.25, 0.3) is 0 Å². The van der Waals surface area contributed by atoms with Crippen molar-refractivity contribution in [3.8, 4) is 0 Å². The predicted molar refractivity (Wildman–Crippen MR) is 58.3 cm³/mol. The van der Waals surface area contributed by atoms with E-state index >= 15 is 0 Å². The SMILES string of the molecule is CN(C1CNC1)C1CCCC12CCC2. The van der Waals surface area contributed by atoms with E-state index in [1.54, 1.807) is 0 Å². The summed E-state index contributed by atoms with van der Waals surface area (Å²) in [6.07, 6.45) is 8.99. The molecule has 80 valence electrons. The second-order valence-corrected chi connectivity index (χ2v) is 5.60. The molecule has 1 N–H and O–H groups in total. The number of nitrogens with zero attached hydrogens (tertiary/aromatic N) is 1. The first kappa shape index (κ1) is 9.17. The van der Waals surface area contributed by atoms with Crippen molar-refractivity contribution in [3.63, 3.8) is 0 Å². The van der Waals surface area contributed by atoms with Crippen LogP contribution < -0.4 is 5.32 Å². The van der Waals surface area contributed by atoms with Gasteiger partial charge in [-0.1, -0.05) is 12.8 Å². The van der Waals surface area contributed by atoms with Crippen molar-refractivity contribution in [1.29, 1.82) is 0 Å². The molecule has 2 aliphatic carbocycles. The minimum atomic E-state index is 0.768. The third-order valence-electron chi connectivity index (χ3n) is 5.04. The van der Waals surface area contributed by atoms with Gasteiger partial charge in [0, 0.05) is 25.2 Å². The summed E-state index contributed by atoms with van der Waals surface area (Å²) in [7, 11) is 2.36. The third kappa shape index (κ3) is 1.17. The molecule has 0 bridgehead atoms. The summed E-state index contributed by atoms with van der Waals surface area (Å²) in [5.74, 6) is 0. The van der Waals surface area contributed by atoms with Gasteiger partial charge in [0.05, 0.1) is 0 Å². The predicted octanol–water partition coefficient (Wildman–Crippen LogP) is 1.61. The smallest absolute Gasteiger partial charge is 0.0345 e. The van der Waals surface area contributed by atoms with Crippen molar-refractivity contribution in [3.05, 3.63) is 0 Å². The molecule has 1 spiro atoms. The van der Waals surface area contributed by atoms with Crippen molar-refractivity contribution in [2.45, 2.75) is 50.6 Å². The van der Waals surface area contributed by atoms with Crippen LogP contribution in [0.3, 0.4) is 0 Å². The zero-order valence-corrected chi connectivity index (χ0v) is 9.26. The summed E-state index contributed by atoms with van der Waals surface area (Å²) in [5.41, 5.74) is 0.768. The molecule has 1 saturated heterocycles. The van der Waals surface area contributed by atoms with Crippen LogP contribution in [0, 0.1) is 5.41 Å². The molecule has 0 aromatic carbocycles.